The van der Waals surface area contributed by atoms with E-state index in [9.17, 15) is 28.8 Å². The zero-order valence-corrected chi connectivity index (χ0v) is 90.2. The van der Waals surface area contributed by atoms with Gasteiger partial charge in [-0.15, -0.1) is 0 Å². The smallest absolute Gasteiger partial charge is 0.311 e. The van der Waals surface area contributed by atoms with Crippen LogP contribution >= 0.6 is 0 Å². The molecular formula is C112H185NO27. The van der Waals surface area contributed by atoms with E-state index in [4.69, 9.17) is 80.5 Å². The highest BCUT2D eigenvalue weighted by Gasteiger charge is 2.61. The minimum Gasteiger partial charge on any atom is -0.463 e. The van der Waals surface area contributed by atoms with E-state index in [1.54, 1.807) is 125 Å². The number of carbonyl (C=O) groups excluding carboxylic acids is 10. The van der Waals surface area contributed by atoms with E-state index in [0.717, 1.165) is 96.1 Å². The second-order valence-corrected chi connectivity index (χ2v) is 45.2. The van der Waals surface area contributed by atoms with Crippen LogP contribution in [0.15, 0.2) is 60.7 Å². The molecule has 3 aliphatic rings. The van der Waals surface area contributed by atoms with Crippen molar-refractivity contribution in [2.75, 3.05) is 26.4 Å². The minimum absolute atomic E-state index is 0.0600. The molecule has 3 fully saturated rings. The number of nitrogens with one attached hydrogen (secondary N) is 1. The van der Waals surface area contributed by atoms with E-state index < -0.39 is 217 Å². The zero-order valence-electron chi connectivity index (χ0n) is 90.2. The van der Waals surface area contributed by atoms with Crippen LogP contribution in [0.1, 0.15) is 414 Å². The molecule has 0 aliphatic carbocycles. The Bertz CT molecular complexity index is 3870. The Kier molecular flexibility index (Phi) is 56.3. The summed E-state index contributed by atoms with van der Waals surface area (Å²) in [6.45, 7) is 34.2. The number of ether oxygens (including phenoxy) is 17. The third-order valence-corrected chi connectivity index (χ3v) is 25.2. The maximum atomic E-state index is 15.5. The summed E-state index contributed by atoms with van der Waals surface area (Å²) in [5.41, 5.74) is -6.15. The number of hydrogen-bond acceptors (Lipinski definition) is 27. The van der Waals surface area contributed by atoms with Crippen LogP contribution in [0.4, 0.5) is 0 Å². The van der Waals surface area contributed by atoms with Gasteiger partial charge in [0, 0.05) is 33.6 Å². The highest BCUT2D eigenvalue weighted by molar-refractivity contribution is 5.79. The molecule has 3 aliphatic heterocycles. The van der Waals surface area contributed by atoms with Gasteiger partial charge >= 0.3 is 53.7 Å². The SMILES string of the molecule is CCCCCCCCCCCCCCCCCCCCCCCCCC(=O)N[C@@H](CO[C@H]1O[C@H](COC(=O)C(C)(C)C)[C@@H](O[C@@H]2O[C@H](COC(=O)C(C)(C)C)[C@H](OC(=O)C(C)(C)C)[C@H](O[C@H]3O[C@H](COC(C)=O)C[C@H](OC(C)=O)[C@H]3OC(C)=O)[C@H]2OC(=O)C(C)(C)C)[C@H](OC(=O)C(C)(C)C)[C@H]1OC(=O)C(C)(C)C)[C@H](OCc1ccccc1)[C@@H](CCCCCCCCCCCCCC)OCc1ccccc1. The van der Waals surface area contributed by atoms with Crippen LogP contribution in [-0.4, -0.2) is 190 Å². The maximum Gasteiger partial charge on any atom is 0.311 e. The summed E-state index contributed by atoms with van der Waals surface area (Å²) in [5, 5.41) is 3.39. The average Bonchev–Trinajstić information content (AvgIpc) is 0.752. The van der Waals surface area contributed by atoms with Crippen LogP contribution in [0.2, 0.25) is 0 Å². The molecule has 3 heterocycles. The molecule has 28 nitrogen and oxygen atoms in total. The van der Waals surface area contributed by atoms with Gasteiger partial charge in [-0.25, -0.2) is 0 Å². The van der Waals surface area contributed by atoms with Crippen molar-refractivity contribution in [1.82, 2.24) is 5.32 Å². The fourth-order valence-corrected chi connectivity index (χ4v) is 16.7. The Morgan fingerprint density at radius 1 is 0.336 bits per heavy atom. The van der Waals surface area contributed by atoms with Gasteiger partial charge < -0.3 is 85.8 Å². The van der Waals surface area contributed by atoms with Crippen molar-refractivity contribution >= 4 is 59.6 Å². The summed E-state index contributed by atoms with van der Waals surface area (Å²) in [6.07, 6.45) is 14.6. The number of hydrogen-bond donors (Lipinski definition) is 1. The summed E-state index contributed by atoms with van der Waals surface area (Å²) in [6, 6.07) is 18.3. The van der Waals surface area contributed by atoms with E-state index >= 15 is 19.2 Å². The first-order valence-electron chi connectivity index (χ1n) is 53.3. The number of carbonyl (C=O) groups is 10. The van der Waals surface area contributed by atoms with Gasteiger partial charge in [0.25, 0.3) is 0 Å². The van der Waals surface area contributed by atoms with Crippen LogP contribution < -0.4 is 5.32 Å². The first-order valence-corrected chi connectivity index (χ1v) is 53.3. The summed E-state index contributed by atoms with van der Waals surface area (Å²) in [4.78, 5) is 144. The number of esters is 9. The van der Waals surface area contributed by atoms with Crippen LogP contribution in [0.3, 0.4) is 0 Å². The van der Waals surface area contributed by atoms with E-state index in [-0.39, 0.29) is 32.0 Å². The van der Waals surface area contributed by atoms with Crippen LogP contribution in [0.5, 0.6) is 0 Å². The lowest BCUT2D eigenvalue weighted by Gasteiger charge is -2.51. The second-order valence-electron chi connectivity index (χ2n) is 45.2. The summed E-state index contributed by atoms with van der Waals surface area (Å²) in [5.74, 6) is -7.94. The standard InChI is InChI=1S/C112H185NO27/c1-24-26-28-30-32-34-36-38-39-40-41-42-43-44-45-46-47-48-50-52-54-56-64-70-89(117)113-84(90(126-73-82-67-61-58-62-68-82)85(125-72-81-65-59-57-60-66-81)69-63-55-53-51-49-37-35-33-31-29-27-25-2)75-127-98-96(139-105(122)111(18,19)20)95(138-104(121)110(15,16)17)91(87(133-98)76-128-101(118)107(6,7)8)135-100-97(140-106(123)112(21,22)23)94(92(137-103(120)109(12,13)14)88(134-100)77-129-102(119)108(9,10)11)136-99-93(131-80(5)116)86(130-79(4)115)71-83(132-99)74-124-78(3)114/h57-62,65-68,83-88,90-100H,24-56,63-64,69-77H2,1-23H3,(H,113,117)/t83-,84-,85+,86-,87+,88+,90-,91+,92-,93+,94-,95-,96+,97+,98-,99+,100-/m0/s1. The molecule has 17 atom stereocenters. The summed E-state index contributed by atoms with van der Waals surface area (Å²) >= 11 is 0. The molecule has 0 bridgehead atoms. The molecule has 0 saturated carbocycles. The van der Waals surface area contributed by atoms with E-state index in [2.05, 4.69) is 19.2 Å². The lowest BCUT2D eigenvalue weighted by molar-refractivity contribution is -0.379. The lowest BCUT2D eigenvalue weighted by Crippen LogP contribution is -2.69. The van der Waals surface area contributed by atoms with Crippen molar-refractivity contribution in [3.63, 3.8) is 0 Å². The molecule has 1 amide bonds. The lowest BCUT2D eigenvalue weighted by atomic mass is 9.92. The Hall–Kier alpha value is -7.18. The Morgan fingerprint density at radius 2 is 0.679 bits per heavy atom. The van der Waals surface area contributed by atoms with Gasteiger partial charge in [-0.1, -0.05) is 293 Å². The molecule has 28 heteroatoms. The second kappa shape index (κ2) is 64.0. The van der Waals surface area contributed by atoms with E-state index in [0.29, 0.717) is 12.8 Å². The van der Waals surface area contributed by atoms with Gasteiger partial charge in [0.2, 0.25) is 5.91 Å². The Morgan fingerprint density at radius 3 is 1.07 bits per heavy atom. The molecular weight excluding hydrogens is 1790 g/mol. The molecule has 0 spiro atoms. The molecule has 140 heavy (non-hydrogen) atoms. The van der Waals surface area contributed by atoms with Gasteiger partial charge in [-0.3, -0.25) is 47.9 Å². The molecule has 800 valence electrons. The van der Waals surface area contributed by atoms with Crippen LogP contribution in [-0.2, 0) is 142 Å². The molecule has 2 aromatic carbocycles. The molecule has 0 aromatic heterocycles. The topological polar surface area (TPSA) is 340 Å². The number of rotatable bonds is 65. The minimum atomic E-state index is -2.17. The highest BCUT2D eigenvalue weighted by Crippen LogP contribution is 2.42. The van der Waals surface area contributed by atoms with Crippen molar-refractivity contribution in [1.29, 1.82) is 0 Å². The normalized spacial score (nSPS) is 22.1. The molecule has 5 rings (SSSR count). The number of amides is 1. The van der Waals surface area contributed by atoms with Gasteiger partial charge in [0.15, 0.2) is 49.4 Å². The third kappa shape index (κ3) is 48.2. The van der Waals surface area contributed by atoms with Crippen molar-refractivity contribution in [3.8, 4) is 0 Å². The van der Waals surface area contributed by atoms with Gasteiger partial charge in [-0.2, -0.15) is 0 Å². The zero-order chi connectivity index (χ0) is 104. The third-order valence-electron chi connectivity index (χ3n) is 25.2. The Balaban J connectivity index is 1.73. The van der Waals surface area contributed by atoms with Crippen LogP contribution in [0.25, 0.3) is 0 Å². The fourth-order valence-electron chi connectivity index (χ4n) is 16.7. The quantitative estimate of drug-likeness (QED) is 0.0365. The Labute approximate surface area is 840 Å². The molecule has 0 unspecified atom stereocenters. The molecule has 2 aromatic rings. The van der Waals surface area contributed by atoms with E-state index in [1.807, 2.05) is 60.7 Å². The molecule has 0 radical (unpaired) electrons. The van der Waals surface area contributed by atoms with Crippen molar-refractivity contribution in [2.24, 2.45) is 32.5 Å². The largest absolute Gasteiger partial charge is 0.463 e. The summed E-state index contributed by atoms with van der Waals surface area (Å²) < 4.78 is 113. The molecule has 1 N–H and O–H groups in total. The van der Waals surface area contributed by atoms with Crippen LogP contribution in [0, 0.1) is 32.5 Å². The highest BCUT2D eigenvalue weighted by atomic mass is 16.8. The first kappa shape index (κ1) is 123. The van der Waals surface area contributed by atoms with Crippen molar-refractivity contribution in [3.05, 3.63) is 71.8 Å². The number of benzene rings is 2. The monoisotopic (exact) mass is 1980 g/mol. The van der Waals surface area contributed by atoms with Crippen molar-refractivity contribution < 1.29 is 128 Å². The predicted molar refractivity (Wildman–Crippen MR) is 536 cm³/mol. The summed E-state index contributed by atoms with van der Waals surface area (Å²) in [7, 11) is 0. The fraction of sp³-hybridized carbons (Fsp3) is 0.804. The molecule has 3 saturated heterocycles. The first-order chi connectivity index (χ1) is 66.1. The van der Waals surface area contributed by atoms with Crippen molar-refractivity contribution in [2.45, 2.75) is 521 Å². The maximum absolute atomic E-state index is 15.5. The van der Waals surface area contributed by atoms with Gasteiger partial charge in [-0.05, 0) is 149 Å². The van der Waals surface area contributed by atoms with Gasteiger partial charge in [0.1, 0.15) is 56.4 Å². The van der Waals surface area contributed by atoms with Gasteiger partial charge in [0.05, 0.1) is 70.6 Å². The average molecular weight is 1980 g/mol. The van der Waals surface area contributed by atoms with E-state index in [1.165, 1.54) is 154 Å². The number of unbranched alkanes of at least 4 members (excludes halogenated alkanes) is 33. The predicted octanol–water partition coefficient (Wildman–Crippen LogP) is 22.9.